The highest BCUT2D eigenvalue weighted by Crippen LogP contribution is 2.25. The summed E-state index contributed by atoms with van der Waals surface area (Å²) in [6.45, 7) is 0. The normalized spacial score (nSPS) is 20.8. The van der Waals surface area contributed by atoms with Gasteiger partial charge in [-0.1, -0.05) is 12.5 Å². The number of rotatable bonds is 4. The Hall–Kier alpha value is -2.57. The van der Waals surface area contributed by atoms with Crippen LogP contribution in [0.15, 0.2) is 24.3 Å². The molecule has 0 heterocycles. The van der Waals surface area contributed by atoms with Crippen molar-refractivity contribution in [2.75, 3.05) is 5.32 Å². The lowest BCUT2D eigenvalue weighted by atomic mass is 10.0. The number of aliphatic carboxylic acids is 1. The number of carboxylic acids is 1. The molecule has 0 saturated heterocycles. The summed E-state index contributed by atoms with van der Waals surface area (Å²) in [5.74, 6) is -2.03. The van der Waals surface area contributed by atoms with Gasteiger partial charge in [-0.2, -0.15) is 0 Å². The molecule has 2 atom stereocenters. The lowest BCUT2D eigenvalue weighted by Gasteiger charge is -2.18. The molecule has 1 aliphatic carbocycles. The van der Waals surface area contributed by atoms with Gasteiger partial charge in [-0.05, 0) is 31.0 Å². The van der Waals surface area contributed by atoms with Crippen molar-refractivity contribution in [3.8, 4) is 0 Å². The molecular formula is C14H17N3O4. The molecule has 1 aliphatic rings. The molecule has 0 radical (unpaired) electrons. The lowest BCUT2D eigenvalue weighted by Crippen LogP contribution is -2.42. The Kier molecular flexibility index (Phi) is 4.42. The first kappa shape index (κ1) is 14.8. The van der Waals surface area contributed by atoms with Crippen LogP contribution in [-0.4, -0.2) is 29.1 Å². The Morgan fingerprint density at radius 1 is 1.24 bits per heavy atom. The lowest BCUT2D eigenvalue weighted by molar-refractivity contribution is -0.142. The summed E-state index contributed by atoms with van der Waals surface area (Å²) in [6.07, 6.45) is 1.99. The number of carbonyl (C=O) groups is 3. The molecule has 1 aromatic rings. The molecule has 7 nitrogen and oxygen atoms in total. The van der Waals surface area contributed by atoms with Crippen molar-refractivity contribution < 1.29 is 19.5 Å². The highest BCUT2D eigenvalue weighted by Gasteiger charge is 2.33. The van der Waals surface area contributed by atoms with Gasteiger partial charge in [-0.3, -0.25) is 9.59 Å². The number of anilines is 1. The predicted octanol–water partition coefficient (Wildman–Crippen LogP) is 1.16. The first-order valence-electron chi connectivity index (χ1n) is 6.67. The topological polar surface area (TPSA) is 122 Å². The Labute approximate surface area is 121 Å². The van der Waals surface area contributed by atoms with Gasteiger partial charge in [0.05, 0.1) is 5.92 Å². The summed E-state index contributed by atoms with van der Waals surface area (Å²) in [5, 5.41) is 14.3. The molecule has 112 valence electrons. The van der Waals surface area contributed by atoms with Gasteiger partial charge in [0, 0.05) is 17.3 Å². The number of hydrogen-bond donors (Lipinski definition) is 4. The van der Waals surface area contributed by atoms with Gasteiger partial charge in [0.15, 0.2) is 0 Å². The number of hydrogen-bond acceptors (Lipinski definition) is 3. The number of amides is 3. The van der Waals surface area contributed by atoms with Gasteiger partial charge in [-0.25, -0.2) is 4.79 Å². The van der Waals surface area contributed by atoms with Crippen molar-refractivity contribution in [1.82, 2.24) is 5.32 Å². The van der Waals surface area contributed by atoms with Crippen LogP contribution >= 0.6 is 0 Å². The fraction of sp³-hybridized carbons (Fsp3) is 0.357. The third-order valence-electron chi connectivity index (χ3n) is 3.55. The molecule has 1 fully saturated rings. The summed E-state index contributed by atoms with van der Waals surface area (Å²) in [4.78, 5) is 34.0. The highest BCUT2D eigenvalue weighted by molar-refractivity contribution is 5.96. The molecule has 0 bridgehead atoms. The summed E-state index contributed by atoms with van der Waals surface area (Å²) in [6, 6.07) is 5.37. The molecule has 3 amide bonds. The molecule has 0 aliphatic heterocycles. The number of primary amides is 1. The number of urea groups is 1. The van der Waals surface area contributed by atoms with Gasteiger partial charge >= 0.3 is 12.0 Å². The van der Waals surface area contributed by atoms with Crippen molar-refractivity contribution in [1.29, 1.82) is 0 Å². The summed E-state index contributed by atoms with van der Waals surface area (Å²) >= 11 is 0. The zero-order valence-electron chi connectivity index (χ0n) is 11.3. The van der Waals surface area contributed by atoms with E-state index in [1.165, 1.54) is 6.07 Å². The third kappa shape index (κ3) is 3.71. The van der Waals surface area contributed by atoms with E-state index in [0.29, 0.717) is 18.5 Å². The van der Waals surface area contributed by atoms with E-state index < -0.39 is 23.8 Å². The minimum absolute atomic E-state index is 0.289. The van der Waals surface area contributed by atoms with Gasteiger partial charge in [0.1, 0.15) is 0 Å². The van der Waals surface area contributed by atoms with Gasteiger partial charge in [0.2, 0.25) is 5.91 Å². The van der Waals surface area contributed by atoms with Gasteiger partial charge in [0.25, 0.3) is 0 Å². The SMILES string of the molecule is NC(=O)c1cccc(NC(=O)NC2CCCC2C(=O)O)c1. The Morgan fingerprint density at radius 3 is 2.67 bits per heavy atom. The van der Waals surface area contributed by atoms with Crippen LogP contribution in [0.5, 0.6) is 0 Å². The standard InChI is InChI=1S/C14H17N3O4/c15-12(18)8-3-1-4-9(7-8)16-14(21)17-11-6-2-5-10(11)13(19)20/h1,3-4,7,10-11H,2,5-6H2,(H2,15,18)(H,19,20)(H2,16,17,21). The molecule has 21 heavy (non-hydrogen) atoms. The maximum Gasteiger partial charge on any atom is 0.319 e. The molecule has 0 aromatic heterocycles. The molecule has 2 rings (SSSR count). The predicted molar refractivity (Wildman–Crippen MR) is 75.9 cm³/mol. The van der Waals surface area contributed by atoms with E-state index in [1.54, 1.807) is 18.2 Å². The Bertz CT molecular complexity index is 573. The fourth-order valence-corrected chi connectivity index (χ4v) is 2.51. The van der Waals surface area contributed by atoms with Crippen molar-refractivity contribution in [3.05, 3.63) is 29.8 Å². The van der Waals surface area contributed by atoms with Crippen molar-refractivity contribution in [2.24, 2.45) is 11.7 Å². The zero-order chi connectivity index (χ0) is 15.4. The molecule has 1 saturated carbocycles. The first-order valence-corrected chi connectivity index (χ1v) is 6.67. The van der Waals surface area contributed by atoms with E-state index in [2.05, 4.69) is 10.6 Å². The van der Waals surface area contributed by atoms with E-state index in [1.807, 2.05) is 0 Å². The molecule has 7 heteroatoms. The fourth-order valence-electron chi connectivity index (χ4n) is 2.51. The van der Waals surface area contributed by atoms with Gasteiger partial charge < -0.3 is 21.5 Å². The van der Waals surface area contributed by atoms with Crippen molar-refractivity contribution in [2.45, 2.75) is 25.3 Å². The van der Waals surface area contributed by atoms with E-state index in [0.717, 1.165) is 6.42 Å². The molecule has 2 unspecified atom stereocenters. The number of nitrogens with one attached hydrogen (secondary N) is 2. The number of benzene rings is 1. The summed E-state index contributed by atoms with van der Waals surface area (Å²) in [5.41, 5.74) is 5.88. The smallest absolute Gasteiger partial charge is 0.319 e. The van der Waals surface area contributed by atoms with Crippen LogP contribution in [0.25, 0.3) is 0 Å². The van der Waals surface area contributed by atoms with E-state index in [9.17, 15) is 14.4 Å². The highest BCUT2D eigenvalue weighted by atomic mass is 16.4. The quantitative estimate of drug-likeness (QED) is 0.665. The summed E-state index contributed by atoms with van der Waals surface area (Å²) in [7, 11) is 0. The minimum Gasteiger partial charge on any atom is -0.481 e. The van der Waals surface area contributed by atoms with E-state index in [-0.39, 0.29) is 11.6 Å². The second kappa shape index (κ2) is 6.25. The van der Waals surface area contributed by atoms with Crippen LogP contribution in [0.1, 0.15) is 29.6 Å². The number of carbonyl (C=O) groups excluding carboxylic acids is 2. The van der Waals surface area contributed by atoms with Crippen LogP contribution in [-0.2, 0) is 4.79 Å². The van der Waals surface area contributed by atoms with Crippen LogP contribution < -0.4 is 16.4 Å². The van der Waals surface area contributed by atoms with Crippen molar-refractivity contribution >= 4 is 23.6 Å². The largest absolute Gasteiger partial charge is 0.481 e. The van der Waals surface area contributed by atoms with Crippen LogP contribution in [0.4, 0.5) is 10.5 Å². The average Bonchev–Trinajstić information content (AvgIpc) is 2.87. The Balaban J connectivity index is 1.97. The van der Waals surface area contributed by atoms with Crippen LogP contribution in [0.3, 0.4) is 0 Å². The third-order valence-corrected chi connectivity index (χ3v) is 3.55. The summed E-state index contributed by atoms with van der Waals surface area (Å²) < 4.78 is 0. The Morgan fingerprint density at radius 2 is 2.00 bits per heavy atom. The zero-order valence-corrected chi connectivity index (χ0v) is 11.3. The van der Waals surface area contributed by atoms with Crippen LogP contribution in [0, 0.1) is 5.92 Å². The average molecular weight is 291 g/mol. The van der Waals surface area contributed by atoms with E-state index in [4.69, 9.17) is 10.8 Å². The molecule has 5 N–H and O–H groups in total. The number of nitrogens with two attached hydrogens (primary N) is 1. The monoisotopic (exact) mass is 291 g/mol. The first-order chi connectivity index (χ1) is 9.97. The maximum atomic E-state index is 11.9. The van der Waals surface area contributed by atoms with Crippen molar-refractivity contribution in [3.63, 3.8) is 0 Å². The van der Waals surface area contributed by atoms with Crippen LogP contribution in [0.2, 0.25) is 0 Å². The van der Waals surface area contributed by atoms with Gasteiger partial charge in [-0.15, -0.1) is 0 Å². The molecule has 1 aromatic carbocycles. The molecule has 0 spiro atoms. The maximum absolute atomic E-state index is 11.9. The van der Waals surface area contributed by atoms with E-state index >= 15 is 0 Å². The minimum atomic E-state index is -0.895. The second-order valence-electron chi connectivity index (χ2n) is 5.03. The molecular weight excluding hydrogens is 274 g/mol. The second-order valence-corrected chi connectivity index (χ2v) is 5.03. The number of carboxylic acid groups (broad SMARTS) is 1.